The number of carbonyl (C=O) groups is 2. The Hall–Kier alpha value is -1.14. The minimum absolute atomic E-state index is 0.204. The van der Waals surface area contributed by atoms with Crippen LogP contribution < -0.4 is 16.4 Å². The van der Waals surface area contributed by atoms with Gasteiger partial charge < -0.3 is 11.1 Å². The van der Waals surface area contributed by atoms with E-state index in [1.807, 2.05) is 11.9 Å². The Balaban J connectivity index is 2.22. The minimum Gasteiger partial charge on any atom is -0.338 e. The zero-order chi connectivity index (χ0) is 15.1. The Kier molecular flexibility index (Phi) is 6.95. The van der Waals surface area contributed by atoms with Crippen molar-refractivity contribution < 1.29 is 9.59 Å². The third-order valence-corrected chi connectivity index (χ3v) is 3.63. The molecular formula is C14H28N4O2. The first-order valence-corrected chi connectivity index (χ1v) is 7.42. The van der Waals surface area contributed by atoms with Gasteiger partial charge in [0, 0.05) is 19.1 Å². The number of hydrogen-bond donors (Lipinski definition) is 3. The number of nitrogens with zero attached hydrogens (tertiary/aromatic N) is 1. The Morgan fingerprint density at radius 3 is 2.50 bits per heavy atom. The lowest BCUT2D eigenvalue weighted by Gasteiger charge is -2.26. The summed E-state index contributed by atoms with van der Waals surface area (Å²) >= 11 is 0. The summed E-state index contributed by atoms with van der Waals surface area (Å²) in [5.74, 6) is 0.854. The van der Waals surface area contributed by atoms with Crippen molar-refractivity contribution >= 4 is 11.9 Å². The van der Waals surface area contributed by atoms with Crippen LogP contribution in [0.1, 0.15) is 33.1 Å². The van der Waals surface area contributed by atoms with Crippen molar-refractivity contribution in [1.82, 2.24) is 15.5 Å². The first kappa shape index (κ1) is 16.9. The lowest BCUT2D eigenvalue weighted by molar-refractivity contribution is -0.121. The Labute approximate surface area is 121 Å². The molecule has 0 bridgehead atoms. The van der Waals surface area contributed by atoms with Crippen LogP contribution in [0, 0.1) is 11.8 Å². The second-order valence-corrected chi connectivity index (χ2v) is 6.04. The van der Waals surface area contributed by atoms with Crippen molar-refractivity contribution in [3.05, 3.63) is 0 Å². The summed E-state index contributed by atoms with van der Waals surface area (Å²) in [4.78, 5) is 25.2. The van der Waals surface area contributed by atoms with Crippen LogP contribution in [-0.2, 0) is 4.79 Å². The molecule has 0 radical (unpaired) electrons. The maximum absolute atomic E-state index is 11.8. The SMILES string of the molecule is CC(C)CCNC(=O)NC(=O)CN(C)C(CN)C1CC1. The van der Waals surface area contributed by atoms with Crippen LogP contribution in [0.3, 0.4) is 0 Å². The fourth-order valence-electron chi connectivity index (χ4n) is 2.24. The molecular weight excluding hydrogens is 256 g/mol. The molecule has 0 aromatic rings. The maximum atomic E-state index is 11.8. The van der Waals surface area contributed by atoms with Crippen molar-refractivity contribution in [3.63, 3.8) is 0 Å². The molecule has 1 saturated carbocycles. The zero-order valence-electron chi connectivity index (χ0n) is 12.8. The Morgan fingerprint density at radius 2 is 2.00 bits per heavy atom. The molecule has 0 spiro atoms. The third kappa shape index (κ3) is 6.34. The van der Waals surface area contributed by atoms with E-state index in [-0.39, 0.29) is 18.5 Å². The zero-order valence-corrected chi connectivity index (χ0v) is 12.8. The molecule has 1 aliphatic carbocycles. The van der Waals surface area contributed by atoms with E-state index in [1.54, 1.807) is 0 Å². The van der Waals surface area contributed by atoms with Gasteiger partial charge in [0.1, 0.15) is 0 Å². The van der Waals surface area contributed by atoms with Gasteiger partial charge in [-0.3, -0.25) is 15.0 Å². The molecule has 20 heavy (non-hydrogen) atoms. The van der Waals surface area contributed by atoms with E-state index < -0.39 is 6.03 Å². The van der Waals surface area contributed by atoms with Gasteiger partial charge in [0.2, 0.25) is 5.91 Å². The summed E-state index contributed by atoms with van der Waals surface area (Å²) < 4.78 is 0. The van der Waals surface area contributed by atoms with Crippen LogP contribution in [0.4, 0.5) is 4.79 Å². The van der Waals surface area contributed by atoms with Crippen molar-refractivity contribution in [2.75, 3.05) is 26.7 Å². The quantitative estimate of drug-likeness (QED) is 0.606. The molecule has 6 nitrogen and oxygen atoms in total. The van der Waals surface area contributed by atoms with Crippen LogP contribution >= 0.6 is 0 Å². The summed E-state index contributed by atoms with van der Waals surface area (Å²) in [6.07, 6.45) is 3.27. The summed E-state index contributed by atoms with van der Waals surface area (Å²) in [7, 11) is 1.88. The molecule has 0 saturated heterocycles. The number of amides is 3. The van der Waals surface area contributed by atoms with Crippen LogP contribution in [0.2, 0.25) is 0 Å². The lowest BCUT2D eigenvalue weighted by Crippen LogP contribution is -2.48. The molecule has 0 aliphatic heterocycles. The van der Waals surface area contributed by atoms with E-state index in [0.29, 0.717) is 24.9 Å². The predicted octanol–water partition coefficient (Wildman–Crippen LogP) is 0.527. The maximum Gasteiger partial charge on any atom is 0.321 e. The van der Waals surface area contributed by atoms with Gasteiger partial charge >= 0.3 is 6.03 Å². The number of urea groups is 1. The molecule has 0 aromatic heterocycles. The highest BCUT2D eigenvalue weighted by Crippen LogP contribution is 2.34. The minimum atomic E-state index is -0.417. The van der Waals surface area contributed by atoms with Gasteiger partial charge in [-0.2, -0.15) is 0 Å². The average Bonchev–Trinajstić information content (AvgIpc) is 3.13. The molecule has 0 aromatic carbocycles. The van der Waals surface area contributed by atoms with Crippen LogP contribution in [0.15, 0.2) is 0 Å². The average molecular weight is 284 g/mol. The number of likely N-dealkylation sites (N-methyl/N-ethyl adjacent to an activating group) is 1. The summed E-state index contributed by atoms with van der Waals surface area (Å²) in [6, 6.07) is -0.176. The van der Waals surface area contributed by atoms with E-state index >= 15 is 0 Å². The second kappa shape index (κ2) is 8.21. The fraction of sp³-hybridized carbons (Fsp3) is 0.857. The van der Waals surface area contributed by atoms with Gasteiger partial charge in [0.25, 0.3) is 0 Å². The monoisotopic (exact) mass is 284 g/mol. The smallest absolute Gasteiger partial charge is 0.321 e. The van der Waals surface area contributed by atoms with Crippen molar-refractivity contribution in [2.24, 2.45) is 17.6 Å². The number of hydrogen-bond acceptors (Lipinski definition) is 4. The summed E-state index contributed by atoms with van der Waals surface area (Å²) in [5.41, 5.74) is 5.73. The van der Waals surface area contributed by atoms with Gasteiger partial charge in [-0.05, 0) is 38.1 Å². The highest BCUT2D eigenvalue weighted by atomic mass is 16.2. The molecule has 116 valence electrons. The van der Waals surface area contributed by atoms with E-state index in [9.17, 15) is 9.59 Å². The number of rotatable bonds is 8. The van der Waals surface area contributed by atoms with Gasteiger partial charge in [-0.25, -0.2) is 4.79 Å². The van der Waals surface area contributed by atoms with Gasteiger partial charge in [-0.1, -0.05) is 13.8 Å². The topological polar surface area (TPSA) is 87.5 Å². The Morgan fingerprint density at radius 1 is 1.35 bits per heavy atom. The molecule has 3 amide bonds. The number of nitrogens with one attached hydrogen (secondary N) is 2. The molecule has 1 rings (SSSR count). The summed E-state index contributed by atoms with van der Waals surface area (Å²) in [6.45, 7) is 5.51. The number of imide groups is 1. The molecule has 1 aliphatic rings. The summed E-state index contributed by atoms with van der Waals surface area (Å²) in [5, 5.41) is 5.03. The lowest BCUT2D eigenvalue weighted by atomic mass is 10.1. The second-order valence-electron chi connectivity index (χ2n) is 6.04. The van der Waals surface area contributed by atoms with Gasteiger partial charge in [0.15, 0.2) is 0 Å². The van der Waals surface area contributed by atoms with E-state index in [4.69, 9.17) is 5.73 Å². The predicted molar refractivity (Wildman–Crippen MR) is 79.2 cm³/mol. The van der Waals surface area contributed by atoms with E-state index in [0.717, 1.165) is 6.42 Å². The van der Waals surface area contributed by atoms with E-state index in [2.05, 4.69) is 24.5 Å². The van der Waals surface area contributed by atoms with Crippen molar-refractivity contribution in [1.29, 1.82) is 0 Å². The largest absolute Gasteiger partial charge is 0.338 e. The number of carbonyl (C=O) groups excluding carboxylic acids is 2. The normalized spacial score (nSPS) is 16.3. The highest BCUT2D eigenvalue weighted by Gasteiger charge is 2.33. The standard InChI is InChI=1S/C14H28N4O2/c1-10(2)6-7-16-14(20)17-13(19)9-18(3)12(8-15)11-4-5-11/h10-12H,4-9,15H2,1-3H3,(H2,16,17,19,20). The Bertz CT molecular complexity index is 329. The highest BCUT2D eigenvalue weighted by molar-refractivity contribution is 5.95. The van der Waals surface area contributed by atoms with Crippen LogP contribution in [0.25, 0.3) is 0 Å². The number of nitrogens with two attached hydrogens (primary N) is 1. The molecule has 6 heteroatoms. The van der Waals surface area contributed by atoms with E-state index in [1.165, 1.54) is 12.8 Å². The van der Waals surface area contributed by atoms with Gasteiger partial charge in [0.05, 0.1) is 6.54 Å². The molecule has 1 atom stereocenters. The van der Waals surface area contributed by atoms with Gasteiger partial charge in [-0.15, -0.1) is 0 Å². The van der Waals surface area contributed by atoms with Crippen molar-refractivity contribution in [3.8, 4) is 0 Å². The van der Waals surface area contributed by atoms with Crippen molar-refractivity contribution in [2.45, 2.75) is 39.2 Å². The van der Waals surface area contributed by atoms with Crippen LogP contribution in [0.5, 0.6) is 0 Å². The molecule has 1 fully saturated rings. The first-order chi connectivity index (χ1) is 9.43. The first-order valence-electron chi connectivity index (χ1n) is 7.42. The van der Waals surface area contributed by atoms with Crippen LogP contribution in [-0.4, -0.2) is 49.6 Å². The molecule has 4 N–H and O–H groups in total. The molecule has 1 unspecified atom stereocenters. The fourth-order valence-corrected chi connectivity index (χ4v) is 2.24. The molecule has 0 heterocycles. The third-order valence-electron chi connectivity index (χ3n) is 3.63.